The zero-order valence-electron chi connectivity index (χ0n) is 16.9. The molecule has 0 saturated carbocycles. The van der Waals surface area contributed by atoms with Crippen LogP contribution in [0.25, 0.3) is 10.8 Å². The average Bonchev–Trinajstić information content (AvgIpc) is 3.29. The fraction of sp³-hybridized carbons (Fsp3) is 0.160. The molecule has 0 aliphatic rings. The number of aliphatic carboxylic acids is 1. The fourth-order valence-corrected chi connectivity index (χ4v) is 3.66. The van der Waals surface area contributed by atoms with E-state index in [1.54, 1.807) is 23.0 Å². The second kappa shape index (κ2) is 9.26. The molecule has 156 valence electrons. The largest absolute Gasteiger partial charge is 0.481 e. The van der Waals surface area contributed by atoms with Crippen LogP contribution in [-0.4, -0.2) is 33.3 Å². The van der Waals surface area contributed by atoms with E-state index in [0.717, 1.165) is 21.9 Å². The molecule has 3 aromatic carbocycles. The quantitative estimate of drug-likeness (QED) is 0.461. The number of carbonyl (C=O) groups is 2. The molecule has 0 unspecified atom stereocenters. The van der Waals surface area contributed by atoms with Gasteiger partial charge in [-0.2, -0.15) is 5.10 Å². The Balaban J connectivity index is 1.44. The lowest BCUT2D eigenvalue weighted by atomic mass is 9.97. The summed E-state index contributed by atoms with van der Waals surface area (Å²) in [6.45, 7) is 0.521. The van der Waals surface area contributed by atoms with Crippen LogP contribution < -0.4 is 5.32 Å². The zero-order valence-corrected chi connectivity index (χ0v) is 16.9. The van der Waals surface area contributed by atoms with Gasteiger partial charge in [0.1, 0.15) is 0 Å². The summed E-state index contributed by atoms with van der Waals surface area (Å²) < 4.78 is 1.74. The minimum Gasteiger partial charge on any atom is -0.481 e. The topological polar surface area (TPSA) is 84.2 Å². The minimum atomic E-state index is -0.932. The third-order valence-corrected chi connectivity index (χ3v) is 5.31. The fourth-order valence-electron chi connectivity index (χ4n) is 3.66. The average molecular weight is 413 g/mol. The Bertz CT molecular complexity index is 1200. The van der Waals surface area contributed by atoms with E-state index in [2.05, 4.69) is 10.4 Å². The smallest absolute Gasteiger partial charge is 0.308 e. The molecule has 6 heteroatoms. The van der Waals surface area contributed by atoms with E-state index < -0.39 is 11.9 Å². The van der Waals surface area contributed by atoms with Crippen LogP contribution in [0, 0.1) is 5.92 Å². The van der Waals surface area contributed by atoms with Crippen LogP contribution in [0.2, 0.25) is 0 Å². The monoisotopic (exact) mass is 413 g/mol. The van der Waals surface area contributed by atoms with E-state index in [1.807, 2.05) is 66.9 Å². The Morgan fingerprint density at radius 1 is 0.968 bits per heavy atom. The van der Waals surface area contributed by atoms with E-state index in [-0.39, 0.29) is 12.5 Å². The molecule has 0 fully saturated rings. The van der Waals surface area contributed by atoms with Gasteiger partial charge in [0.15, 0.2) is 0 Å². The van der Waals surface area contributed by atoms with Crippen LogP contribution in [0.5, 0.6) is 0 Å². The van der Waals surface area contributed by atoms with Crippen LogP contribution in [0.1, 0.15) is 21.5 Å². The van der Waals surface area contributed by atoms with Gasteiger partial charge in [0.25, 0.3) is 5.91 Å². The maximum atomic E-state index is 12.8. The Morgan fingerprint density at radius 2 is 1.74 bits per heavy atom. The van der Waals surface area contributed by atoms with Crippen LogP contribution in [0.3, 0.4) is 0 Å². The van der Waals surface area contributed by atoms with Crippen LogP contribution in [0.15, 0.2) is 85.2 Å². The number of amides is 1. The van der Waals surface area contributed by atoms with Crippen molar-refractivity contribution in [3.05, 3.63) is 102 Å². The van der Waals surface area contributed by atoms with Crippen LogP contribution in [0.4, 0.5) is 0 Å². The highest BCUT2D eigenvalue weighted by Crippen LogP contribution is 2.18. The first-order valence-corrected chi connectivity index (χ1v) is 10.1. The number of nitrogens with one attached hydrogen (secondary N) is 1. The Hall–Kier alpha value is -3.93. The summed E-state index contributed by atoms with van der Waals surface area (Å²) in [7, 11) is 0. The summed E-state index contributed by atoms with van der Waals surface area (Å²) in [6.07, 6.45) is 3.86. The molecule has 1 heterocycles. The van der Waals surface area contributed by atoms with E-state index in [4.69, 9.17) is 0 Å². The van der Waals surface area contributed by atoms with Gasteiger partial charge in [0.2, 0.25) is 0 Å². The van der Waals surface area contributed by atoms with Gasteiger partial charge >= 0.3 is 5.97 Å². The van der Waals surface area contributed by atoms with Crippen molar-refractivity contribution in [1.29, 1.82) is 0 Å². The highest BCUT2D eigenvalue weighted by atomic mass is 16.4. The van der Waals surface area contributed by atoms with Gasteiger partial charge in [-0.15, -0.1) is 0 Å². The number of rotatable bonds is 8. The van der Waals surface area contributed by atoms with Crippen molar-refractivity contribution in [3.63, 3.8) is 0 Å². The minimum absolute atomic E-state index is 0.0527. The maximum Gasteiger partial charge on any atom is 0.308 e. The van der Waals surface area contributed by atoms with E-state index >= 15 is 0 Å². The number of nitrogens with zero attached hydrogens (tertiary/aromatic N) is 2. The van der Waals surface area contributed by atoms with E-state index in [9.17, 15) is 14.7 Å². The van der Waals surface area contributed by atoms with Gasteiger partial charge in [0, 0.05) is 24.5 Å². The van der Waals surface area contributed by atoms with Crippen LogP contribution in [-0.2, 0) is 17.8 Å². The van der Waals surface area contributed by atoms with Crippen molar-refractivity contribution in [1.82, 2.24) is 15.1 Å². The lowest BCUT2D eigenvalue weighted by Gasteiger charge is -2.15. The molecule has 4 rings (SSSR count). The van der Waals surface area contributed by atoms with Gasteiger partial charge in [-0.3, -0.25) is 14.3 Å². The third kappa shape index (κ3) is 4.98. The second-order valence-electron chi connectivity index (χ2n) is 7.49. The lowest BCUT2D eigenvalue weighted by Crippen LogP contribution is -2.34. The summed E-state index contributed by atoms with van der Waals surface area (Å²) in [5.74, 6) is -1.94. The molecule has 0 radical (unpaired) electrons. The van der Waals surface area contributed by atoms with Gasteiger partial charge in [-0.25, -0.2) is 0 Å². The summed E-state index contributed by atoms with van der Waals surface area (Å²) in [5.41, 5.74) is 2.28. The molecule has 31 heavy (non-hydrogen) atoms. The van der Waals surface area contributed by atoms with Crippen molar-refractivity contribution < 1.29 is 14.7 Å². The van der Waals surface area contributed by atoms with Crippen LogP contribution >= 0.6 is 0 Å². The van der Waals surface area contributed by atoms with Gasteiger partial charge in [-0.1, -0.05) is 60.7 Å². The molecule has 0 bridgehead atoms. The second-order valence-corrected chi connectivity index (χ2v) is 7.49. The molecule has 1 amide bonds. The molecule has 0 aliphatic carbocycles. The summed E-state index contributed by atoms with van der Waals surface area (Å²) in [4.78, 5) is 24.6. The van der Waals surface area contributed by atoms with Crippen molar-refractivity contribution in [2.24, 2.45) is 5.92 Å². The summed E-state index contributed by atoms with van der Waals surface area (Å²) in [6, 6.07) is 23.0. The molecular formula is C25H23N3O3. The first-order chi connectivity index (χ1) is 15.1. The third-order valence-electron chi connectivity index (χ3n) is 5.31. The molecule has 1 aromatic heterocycles. The van der Waals surface area contributed by atoms with Crippen molar-refractivity contribution >= 4 is 22.6 Å². The summed E-state index contributed by atoms with van der Waals surface area (Å²) >= 11 is 0. The molecule has 0 spiro atoms. The molecule has 1 atom stereocenters. The Labute approximate surface area is 180 Å². The van der Waals surface area contributed by atoms with Gasteiger partial charge in [-0.05, 0) is 40.5 Å². The lowest BCUT2D eigenvalue weighted by molar-refractivity contribution is -0.141. The maximum absolute atomic E-state index is 12.8. The number of hydrogen-bond donors (Lipinski definition) is 2. The highest BCUT2D eigenvalue weighted by Gasteiger charge is 2.20. The number of carboxylic acids is 1. The zero-order chi connectivity index (χ0) is 21.6. The molecule has 4 aromatic rings. The van der Waals surface area contributed by atoms with Crippen molar-refractivity contribution in [2.75, 3.05) is 6.54 Å². The van der Waals surface area contributed by atoms with E-state index in [1.165, 1.54) is 0 Å². The SMILES string of the molecule is O=C(NC[C@@H](Cc1ccc2ccccc2c1)C(=O)O)c1ccccc1Cn1cccn1. The molecule has 0 aliphatic heterocycles. The molecule has 0 saturated heterocycles. The van der Waals surface area contributed by atoms with Gasteiger partial charge < -0.3 is 10.4 Å². The standard InChI is InChI=1S/C25H23N3O3/c29-24(23-9-4-3-8-21(23)17-28-13-5-12-27-28)26-16-22(25(30)31)15-18-10-11-19-6-1-2-7-20(19)14-18/h1-14,22H,15-17H2,(H,26,29)(H,30,31)/t22-/m1/s1. The first-order valence-electron chi connectivity index (χ1n) is 10.1. The summed E-state index contributed by atoms with van der Waals surface area (Å²) in [5, 5.41) is 18.9. The number of benzene rings is 3. The number of carboxylic acid groups (broad SMARTS) is 1. The van der Waals surface area contributed by atoms with Gasteiger partial charge in [0.05, 0.1) is 12.5 Å². The highest BCUT2D eigenvalue weighted by molar-refractivity contribution is 5.95. The number of hydrogen-bond acceptors (Lipinski definition) is 3. The first kappa shape index (κ1) is 20.3. The molecule has 6 nitrogen and oxygen atoms in total. The Kier molecular flexibility index (Phi) is 6.08. The predicted molar refractivity (Wildman–Crippen MR) is 119 cm³/mol. The van der Waals surface area contributed by atoms with Crippen molar-refractivity contribution in [3.8, 4) is 0 Å². The molecule has 2 N–H and O–H groups in total. The number of aromatic nitrogens is 2. The predicted octanol–water partition coefficient (Wildman–Crippen LogP) is 3.76. The Morgan fingerprint density at radius 3 is 2.52 bits per heavy atom. The van der Waals surface area contributed by atoms with E-state index in [0.29, 0.717) is 18.5 Å². The molecular weight excluding hydrogens is 390 g/mol. The number of fused-ring (bicyclic) bond motifs is 1. The van der Waals surface area contributed by atoms with Crippen molar-refractivity contribution in [2.45, 2.75) is 13.0 Å². The number of carbonyl (C=O) groups excluding carboxylic acids is 1. The normalized spacial score (nSPS) is 11.9.